The van der Waals surface area contributed by atoms with Gasteiger partial charge in [-0.05, 0) is 36.2 Å². The third-order valence-electron chi connectivity index (χ3n) is 2.49. The minimum Gasteiger partial charge on any atom is -0.462 e. The Labute approximate surface area is 104 Å². The average Bonchev–Trinajstić information content (AvgIpc) is 2.40. The first kappa shape index (κ1) is 12.1. The molecule has 1 aromatic carbocycles. The van der Waals surface area contributed by atoms with Crippen molar-refractivity contribution >= 4 is 5.97 Å². The minimum atomic E-state index is -0.344. The Balaban J connectivity index is 2.35. The van der Waals surface area contributed by atoms with E-state index in [1.807, 2.05) is 6.07 Å². The van der Waals surface area contributed by atoms with Crippen molar-refractivity contribution in [3.05, 3.63) is 58.5 Å². The lowest BCUT2D eigenvalue weighted by molar-refractivity contribution is 0.0526. The van der Waals surface area contributed by atoms with Crippen LogP contribution < -0.4 is 5.56 Å². The molecule has 0 spiro atoms. The zero-order chi connectivity index (χ0) is 13.0. The van der Waals surface area contributed by atoms with Gasteiger partial charge < -0.3 is 9.72 Å². The fourth-order valence-corrected chi connectivity index (χ4v) is 1.63. The highest BCUT2D eigenvalue weighted by Crippen LogP contribution is 2.18. The van der Waals surface area contributed by atoms with Crippen LogP contribution in [0.4, 0.5) is 0 Å². The van der Waals surface area contributed by atoms with Crippen molar-refractivity contribution in [3.8, 4) is 11.1 Å². The third kappa shape index (κ3) is 2.66. The van der Waals surface area contributed by atoms with Crippen molar-refractivity contribution in [1.29, 1.82) is 0 Å². The highest BCUT2D eigenvalue weighted by molar-refractivity contribution is 5.91. The lowest BCUT2D eigenvalue weighted by Gasteiger charge is -2.05. The molecule has 18 heavy (non-hydrogen) atoms. The summed E-state index contributed by atoms with van der Waals surface area (Å²) in [4.78, 5) is 25.2. The van der Waals surface area contributed by atoms with Gasteiger partial charge in [-0.15, -0.1) is 0 Å². The van der Waals surface area contributed by atoms with E-state index in [1.54, 1.807) is 37.4 Å². The predicted octanol–water partition coefficient (Wildman–Crippen LogP) is 2.22. The molecule has 4 heteroatoms. The molecule has 1 N–H and O–H groups in total. The molecule has 0 fully saturated rings. The van der Waals surface area contributed by atoms with Gasteiger partial charge in [-0.2, -0.15) is 0 Å². The summed E-state index contributed by atoms with van der Waals surface area (Å²) in [6, 6.07) is 10.3. The second-order valence-electron chi connectivity index (χ2n) is 3.74. The molecule has 2 aromatic rings. The zero-order valence-corrected chi connectivity index (χ0v) is 9.97. The summed E-state index contributed by atoms with van der Waals surface area (Å²) in [7, 11) is 0. The topological polar surface area (TPSA) is 59.2 Å². The molecule has 0 bridgehead atoms. The van der Waals surface area contributed by atoms with Gasteiger partial charge in [0, 0.05) is 12.3 Å². The van der Waals surface area contributed by atoms with Gasteiger partial charge >= 0.3 is 5.97 Å². The van der Waals surface area contributed by atoms with Gasteiger partial charge in [0.1, 0.15) is 0 Å². The fraction of sp³-hybridized carbons (Fsp3) is 0.143. The van der Waals surface area contributed by atoms with Gasteiger partial charge in [-0.25, -0.2) is 4.79 Å². The number of carbonyl (C=O) groups excluding carboxylic acids is 1. The zero-order valence-electron chi connectivity index (χ0n) is 9.97. The van der Waals surface area contributed by atoms with Gasteiger partial charge in [-0.1, -0.05) is 12.1 Å². The minimum absolute atomic E-state index is 0.153. The van der Waals surface area contributed by atoms with E-state index in [-0.39, 0.29) is 11.5 Å². The van der Waals surface area contributed by atoms with Crippen molar-refractivity contribution in [3.63, 3.8) is 0 Å². The Morgan fingerprint density at radius 2 is 2.06 bits per heavy atom. The van der Waals surface area contributed by atoms with E-state index in [0.717, 1.165) is 11.1 Å². The van der Waals surface area contributed by atoms with Crippen LogP contribution in [0.3, 0.4) is 0 Å². The molecule has 4 nitrogen and oxygen atoms in total. The van der Waals surface area contributed by atoms with Crippen LogP contribution in [0.1, 0.15) is 17.3 Å². The fourth-order valence-electron chi connectivity index (χ4n) is 1.63. The molecule has 0 saturated heterocycles. The summed E-state index contributed by atoms with van der Waals surface area (Å²) in [6.45, 7) is 2.12. The van der Waals surface area contributed by atoms with Crippen LogP contribution in [-0.2, 0) is 4.74 Å². The SMILES string of the molecule is CCOC(=O)c1cccc(-c2ccc(=O)[nH]c2)c1. The largest absolute Gasteiger partial charge is 0.462 e. The Kier molecular flexibility index (Phi) is 3.57. The predicted molar refractivity (Wildman–Crippen MR) is 68.5 cm³/mol. The summed E-state index contributed by atoms with van der Waals surface area (Å²) in [6.07, 6.45) is 1.62. The molecule has 0 atom stereocenters. The summed E-state index contributed by atoms with van der Waals surface area (Å²) in [5.41, 5.74) is 2.05. The number of hydrogen-bond donors (Lipinski definition) is 1. The molecule has 92 valence electrons. The standard InChI is InChI=1S/C14H13NO3/c1-2-18-14(17)11-5-3-4-10(8-11)12-6-7-13(16)15-9-12/h3-9H,2H2,1H3,(H,15,16). The Hall–Kier alpha value is -2.36. The van der Waals surface area contributed by atoms with Crippen LogP contribution in [0.5, 0.6) is 0 Å². The first-order valence-electron chi connectivity index (χ1n) is 5.67. The number of esters is 1. The normalized spacial score (nSPS) is 10.1. The maximum Gasteiger partial charge on any atom is 0.338 e. The number of ether oxygens (including phenoxy) is 1. The summed E-state index contributed by atoms with van der Waals surface area (Å²) < 4.78 is 4.94. The number of H-pyrrole nitrogens is 1. The lowest BCUT2D eigenvalue weighted by atomic mass is 10.1. The molecule has 2 rings (SSSR count). The van der Waals surface area contributed by atoms with E-state index in [9.17, 15) is 9.59 Å². The first-order valence-corrected chi connectivity index (χ1v) is 5.67. The van der Waals surface area contributed by atoms with E-state index >= 15 is 0 Å². The molecule has 0 amide bonds. The van der Waals surface area contributed by atoms with E-state index in [0.29, 0.717) is 12.2 Å². The number of aromatic nitrogens is 1. The van der Waals surface area contributed by atoms with Gasteiger partial charge in [0.05, 0.1) is 12.2 Å². The molecule has 0 aliphatic rings. The molecular formula is C14H13NO3. The first-order chi connectivity index (χ1) is 8.70. The summed E-state index contributed by atoms with van der Waals surface area (Å²) in [5.74, 6) is -0.344. The van der Waals surface area contributed by atoms with Gasteiger partial charge in [0.25, 0.3) is 0 Å². The van der Waals surface area contributed by atoms with Crippen LogP contribution in [0.15, 0.2) is 47.4 Å². The number of aromatic amines is 1. The molecule has 0 saturated carbocycles. The smallest absolute Gasteiger partial charge is 0.338 e. The quantitative estimate of drug-likeness (QED) is 0.841. The molecule has 0 radical (unpaired) electrons. The van der Waals surface area contributed by atoms with Crippen molar-refractivity contribution in [2.24, 2.45) is 0 Å². The highest BCUT2D eigenvalue weighted by atomic mass is 16.5. The van der Waals surface area contributed by atoms with Gasteiger partial charge in [0.15, 0.2) is 0 Å². The second kappa shape index (κ2) is 5.31. The van der Waals surface area contributed by atoms with Crippen LogP contribution >= 0.6 is 0 Å². The van der Waals surface area contributed by atoms with Gasteiger partial charge in [-0.3, -0.25) is 4.79 Å². The maximum absolute atomic E-state index is 11.6. The third-order valence-corrected chi connectivity index (χ3v) is 2.49. The van der Waals surface area contributed by atoms with E-state index in [2.05, 4.69) is 4.98 Å². The van der Waals surface area contributed by atoms with Crippen LogP contribution in [0.25, 0.3) is 11.1 Å². The molecule has 1 heterocycles. The second-order valence-corrected chi connectivity index (χ2v) is 3.74. The van der Waals surface area contributed by atoms with E-state index in [1.165, 1.54) is 6.07 Å². The maximum atomic E-state index is 11.6. The molecule has 0 aliphatic carbocycles. The summed E-state index contributed by atoms with van der Waals surface area (Å²) >= 11 is 0. The number of pyridine rings is 1. The van der Waals surface area contributed by atoms with Crippen molar-refractivity contribution in [2.45, 2.75) is 6.92 Å². The monoisotopic (exact) mass is 243 g/mol. The molecule has 1 aromatic heterocycles. The van der Waals surface area contributed by atoms with Crippen molar-refractivity contribution in [2.75, 3.05) is 6.61 Å². The van der Waals surface area contributed by atoms with Crippen molar-refractivity contribution < 1.29 is 9.53 Å². The summed E-state index contributed by atoms with van der Waals surface area (Å²) in [5, 5.41) is 0. The molecular weight excluding hydrogens is 230 g/mol. The number of rotatable bonds is 3. The Morgan fingerprint density at radius 3 is 2.72 bits per heavy atom. The van der Waals surface area contributed by atoms with Crippen molar-refractivity contribution in [1.82, 2.24) is 4.98 Å². The van der Waals surface area contributed by atoms with Crippen LogP contribution in [-0.4, -0.2) is 17.6 Å². The molecule has 0 aliphatic heterocycles. The van der Waals surface area contributed by atoms with E-state index < -0.39 is 0 Å². The molecule has 0 unspecified atom stereocenters. The van der Waals surface area contributed by atoms with Crippen LogP contribution in [0.2, 0.25) is 0 Å². The highest BCUT2D eigenvalue weighted by Gasteiger charge is 2.07. The Bertz CT molecular complexity index is 596. The number of nitrogens with one attached hydrogen (secondary N) is 1. The number of carbonyl (C=O) groups is 1. The van der Waals surface area contributed by atoms with Gasteiger partial charge in [0.2, 0.25) is 5.56 Å². The lowest BCUT2D eigenvalue weighted by Crippen LogP contribution is -2.05. The Morgan fingerprint density at radius 1 is 1.22 bits per heavy atom. The number of benzene rings is 1. The van der Waals surface area contributed by atoms with E-state index in [4.69, 9.17) is 4.74 Å². The van der Waals surface area contributed by atoms with Crippen LogP contribution in [0, 0.1) is 0 Å². The number of hydrogen-bond acceptors (Lipinski definition) is 3. The average molecular weight is 243 g/mol.